The summed E-state index contributed by atoms with van der Waals surface area (Å²) in [5, 5.41) is 3.40. The topological polar surface area (TPSA) is 41.6 Å². The zero-order chi connectivity index (χ0) is 14.5. The average molecular weight is 288 g/mol. The summed E-state index contributed by atoms with van der Waals surface area (Å²) in [6.07, 6.45) is 6.20. The fourth-order valence-electron chi connectivity index (χ4n) is 3.15. The molecule has 2 heterocycles. The van der Waals surface area contributed by atoms with Gasteiger partial charge < -0.3 is 15.0 Å². The number of nitrogens with zero attached hydrogens (tertiary/aromatic N) is 1. The minimum absolute atomic E-state index is 0.223. The molecule has 0 aromatic heterocycles. The van der Waals surface area contributed by atoms with E-state index < -0.39 is 0 Å². The minimum atomic E-state index is 0.223. The maximum Gasteiger partial charge on any atom is 0.227 e. The van der Waals surface area contributed by atoms with E-state index in [9.17, 15) is 4.79 Å². The summed E-state index contributed by atoms with van der Waals surface area (Å²) >= 11 is 0. The van der Waals surface area contributed by atoms with Crippen LogP contribution in [0.15, 0.2) is 24.3 Å². The lowest BCUT2D eigenvalue weighted by Gasteiger charge is -2.25. The first-order chi connectivity index (χ1) is 10.3. The first-order valence-electron chi connectivity index (χ1n) is 8.09. The summed E-state index contributed by atoms with van der Waals surface area (Å²) in [5.41, 5.74) is 2.09. The number of ether oxygens (including phenoxy) is 1. The average Bonchev–Trinajstić information content (AvgIpc) is 2.76. The van der Waals surface area contributed by atoms with Gasteiger partial charge in [-0.1, -0.05) is 12.1 Å². The van der Waals surface area contributed by atoms with E-state index >= 15 is 0 Å². The second-order valence-corrected chi connectivity index (χ2v) is 5.87. The van der Waals surface area contributed by atoms with Crippen LogP contribution in [0.5, 0.6) is 0 Å². The van der Waals surface area contributed by atoms with Crippen molar-refractivity contribution in [1.82, 2.24) is 0 Å². The number of para-hydroxylation sites is 2. The third-order valence-corrected chi connectivity index (χ3v) is 4.32. The summed E-state index contributed by atoms with van der Waals surface area (Å²) in [5.74, 6) is 0.223. The second-order valence-electron chi connectivity index (χ2n) is 5.87. The predicted octanol–water partition coefficient (Wildman–Crippen LogP) is 3.18. The quantitative estimate of drug-likeness (QED) is 0.928. The molecule has 4 nitrogen and oxygen atoms in total. The molecule has 1 amide bonds. The van der Waals surface area contributed by atoms with Crippen molar-refractivity contribution in [3.63, 3.8) is 0 Å². The summed E-state index contributed by atoms with van der Waals surface area (Å²) in [6.45, 7) is 2.58. The van der Waals surface area contributed by atoms with Crippen molar-refractivity contribution in [3.05, 3.63) is 24.3 Å². The molecule has 0 spiro atoms. The largest absolute Gasteiger partial charge is 0.383 e. The molecule has 114 valence electrons. The van der Waals surface area contributed by atoms with Gasteiger partial charge in [-0.2, -0.15) is 0 Å². The van der Waals surface area contributed by atoms with Crippen LogP contribution in [0, 0.1) is 0 Å². The molecule has 1 saturated heterocycles. The van der Waals surface area contributed by atoms with Crippen molar-refractivity contribution < 1.29 is 9.53 Å². The van der Waals surface area contributed by atoms with Crippen LogP contribution in [-0.4, -0.2) is 31.7 Å². The second kappa shape index (κ2) is 6.94. The minimum Gasteiger partial charge on any atom is -0.383 e. The van der Waals surface area contributed by atoms with Crippen LogP contribution in [-0.2, 0) is 9.53 Å². The Labute approximate surface area is 126 Å². The zero-order valence-electron chi connectivity index (χ0n) is 12.5. The van der Waals surface area contributed by atoms with Crippen LogP contribution in [0.4, 0.5) is 11.4 Å². The van der Waals surface area contributed by atoms with Gasteiger partial charge in [-0.3, -0.25) is 4.79 Å². The third kappa shape index (κ3) is 3.56. The van der Waals surface area contributed by atoms with Crippen LogP contribution in [0.1, 0.15) is 38.5 Å². The number of carbonyl (C=O) groups is 1. The van der Waals surface area contributed by atoms with E-state index in [-0.39, 0.29) is 12.0 Å². The molecular weight excluding hydrogens is 264 g/mol. The first-order valence-corrected chi connectivity index (χ1v) is 8.09. The van der Waals surface area contributed by atoms with Gasteiger partial charge in [0.1, 0.15) is 0 Å². The van der Waals surface area contributed by atoms with Gasteiger partial charge in [0.15, 0.2) is 0 Å². The molecule has 21 heavy (non-hydrogen) atoms. The normalized spacial score (nSPS) is 22.1. The Morgan fingerprint density at radius 3 is 3.05 bits per heavy atom. The Bertz CT molecular complexity index is 483. The van der Waals surface area contributed by atoms with E-state index in [4.69, 9.17) is 4.74 Å². The van der Waals surface area contributed by atoms with E-state index in [0.29, 0.717) is 6.42 Å². The molecule has 0 bridgehead atoms. The van der Waals surface area contributed by atoms with Gasteiger partial charge in [0.2, 0.25) is 5.91 Å². The molecule has 2 aliphatic rings. The molecule has 4 heteroatoms. The summed E-state index contributed by atoms with van der Waals surface area (Å²) < 4.78 is 5.73. The number of carbonyl (C=O) groups excluding carboxylic acids is 1. The Morgan fingerprint density at radius 2 is 2.19 bits per heavy atom. The molecule has 1 N–H and O–H groups in total. The third-order valence-electron chi connectivity index (χ3n) is 4.32. The fourth-order valence-corrected chi connectivity index (χ4v) is 3.15. The number of rotatable bonds is 3. The van der Waals surface area contributed by atoms with E-state index in [0.717, 1.165) is 56.8 Å². The number of hydrogen-bond acceptors (Lipinski definition) is 3. The van der Waals surface area contributed by atoms with E-state index in [1.165, 1.54) is 6.42 Å². The number of anilines is 2. The smallest absolute Gasteiger partial charge is 0.227 e. The Kier molecular flexibility index (Phi) is 4.76. The van der Waals surface area contributed by atoms with Crippen LogP contribution in [0.3, 0.4) is 0 Å². The van der Waals surface area contributed by atoms with Gasteiger partial charge in [-0.05, 0) is 44.2 Å². The Balaban J connectivity index is 1.63. The number of amides is 1. The van der Waals surface area contributed by atoms with Gasteiger partial charge in [-0.25, -0.2) is 0 Å². The van der Waals surface area contributed by atoms with Crippen molar-refractivity contribution in [1.29, 1.82) is 0 Å². The van der Waals surface area contributed by atoms with Crippen molar-refractivity contribution in [2.75, 3.05) is 29.9 Å². The highest BCUT2D eigenvalue weighted by molar-refractivity contribution is 5.96. The SMILES string of the molecule is O=C(CCC1CCCCO1)N1CCCNc2ccccc21. The Morgan fingerprint density at radius 1 is 1.29 bits per heavy atom. The molecular formula is C17H24N2O2. The number of hydrogen-bond donors (Lipinski definition) is 1. The maximum absolute atomic E-state index is 12.6. The molecule has 0 saturated carbocycles. The Hall–Kier alpha value is -1.55. The maximum atomic E-state index is 12.6. The highest BCUT2D eigenvalue weighted by Crippen LogP contribution is 2.29. The van der Waals surface area contributed by atoms with Crippen LogP contribution in [0.25, 0.3) is 0 Å². The van der Waals surface area contributed by atoms with Crippen LogP contribution >= 0.6 is 0 Å². The lowest BCUT2D eigenvalue weighted by molar-refractivity contribution is -0.119. The molecule has 1 aromatic rings. The van der Waals surface area contributed by atoms with Gasteiger partial charge >= 0.3 is 0 Å². The lowest BCUT2D eigenvalue weighted by atomic mass is 10.0. The molecule has 0 radical (unpaired) electrons. The van der Waals surface area contributed by atoms with Gasteiger partial charge in [0.05, 0.1) is 17.5 Å². The van der Waals surface area contributed by atoms with Crippen molar-refractivity contribution >= 4 is 17.3 Å². The molecule has 2 aliphatic heterocycles. The van der Waals surface area contributed by atoms with E-state index in [1.807, 2.05) is 29.2 Å². The standard InChI is InChI=1S/C17H24N2O2/c20-17(10-9-14-6-3-4-13-21-14)19-12-5-11-18-15-7-1-2-8-16(15)19/h1-2,7-8,14,18H,3-6,9-13H2. The van der Waals surface area contributed by atoms with Gasteiger partial charge in [-0.15, -0.1) is 0 Å². The summed E-state index contributed by atoms with van der Waals surface area (Å²) in [4.78, 5) is 14.5. The number of nitrogens with one attached hydrogen (secondary N) is 1. The highest BCUT2D eigenvalue weighted by Gasteiger charge is 2.22. The van der Waals surface area contributed by atoms with Gasteiger partial charge in [0.25, 0.3) is 0 Å². The summed E-state index contributed by atoms with van der Waals surface area (Å²) in [7, 11) is 0. The summed E-state index contributed by atoms with van der Waals surface area (Å²) in [6, 6.07) is 8.08. The van der Waals surface area contributed by atoms with E-state index in [2.05, 4.69) is 5.32 Å². The van der Waals surface area contributed by atoms with Gasteiger partial charge in [0, 0.05) is 26.1 Å². The van der Waals surface area contributed by atoms with Crippen LogP contribution in [0.2, 0.25) is 0 Å². The molecule has 3 rings (SSSR count). The molecule has 0 aliphatic carbocycles. The lowest BCUT2D eigenvalue weighted by Crippen LogP contribution is -2.32. The highest BCUT2D eigenvalue weighted by atomic mass is 16.5. The zero-order valence-corrected chi connectivity index (χ0v) is 12.5. The first kappa shape index (κ1) is 14.4. The monoisotopic (exact) mass is 288 g/mol. The number of fused-ring (bicyclic) bond motifs is 1. The molecule has 1 unspecified atom stereocenters. The predicted molar refractivity (Wildman–Crippen MR) is 84.7 cm³/mol. The van der Waals surface area contributed by atoms with Crippen molar-refractivity contribution in [2.45, 2.75) is 44.6 Å². The molecule has 1 aromatic carbocycles. The number of benzene rings is 1. The molecule has 1 atom stereocenters. The molecule has 1 fully saturated rings. The van der Waals surface area contributed by atoms with Crippen LogP contribution < -0.4 is 10.2 Å². The van der Waals surface area contributed by atoms with Crippen molar-refractivity contribution in [3.8, 4) is 0 Å². The van der Waals surface area contributed by atoms with E-state index in [1.54, 1.807) is 0 Å². The van der Waals surface area contributed by atoms with Crippen molar-refractivity contribution in [2.24, 2.45) is 0 Å². The fraction of sp³-hybridized carbons (Fsp3) is 0.588.